The molecule has 0 spiro atoms. The molecule has 4 aromatic carbocycles. The predicted octanol–water partition coefficient (Wildman–Crippen LogP) is 15.8. The van der Waals surface area contributed by atoms with Gasteiger partial charge in [0.2, 0.25) is 0 Å². The highest BCUT2D eigenvalue weighted by molar-refractivity contribution is 9.10. The van der Waals surface area contributed by atoms with E-state index in [1.165, 1.54) is 47.5 Å². The molecule has 0 saturated carbocycles. The highest BCUT2D eigenvalue weighted by atomic mass is 79.9. The molecule has 32 heteroatoms. The van der Waals surface area contributed by atoms with Crippen molar-refractivity contribution in [1.82, 2.24) is 77.4 Å². The maximum atomic E-state index is 9.44. The molecule has 7 N–H and O–H groups in total. The fraction of sp³-hybridized carbons (Fsp3) is 0.200. The maximum absolute atomic E-state index is 9.44. The third-order valence-electron chi connectivity index (χ3n) is 20.0. The lowest BCUT2D eigenvalue weighted by Gasteiger charge is -2.12. The Morgan fingerprint density at radius 2 is 0.709 bits per heavy atom. The van der Waals surface area contributed by atoms with Crippen LogP contribution in [0.25, 0.3) is 67.5 Å². The third-order valence-corrected chi connectivity index (χ3v) is 20.4. The number of imidazole rings is 4. The second-order valence-electron chi connectivity index (χ2n) is 29.8. The number of pyridine rings is 4. The summed E-state index contributed by atoms with van der Waals surface area (Å²) < 4.78 is 24.5. The summed E-state index contributed by atoms with van der Waals surface area (Å²) in [7, 11) is 3.44. The lowest BCUT2D eigenvalue weighted by molar-refractivity contribution is 0.414. The van der Waals surface area contributed by atoms with Crippen molar-refractivity contribution in [3.63, 3.8) is 0 Å². The number of hydrogen-bond donors (Lipinski definition) is 7. The van der Waals surface area contributed by atoms with Crippen molar-refractivity contribution in [3.05, 3.63) is 306 Å². The fourth-order valence-electron chi connectivity index (χ4n) is 13.3. The highest BCUT2D eigenvalue weighted by Gasteiger charge is 2.21. The van der Waals surface area contributed by atoms with Crippen molar-refractivity contribution in [2.75, 3.05) is 68.8 Å². The molecule has 0 saturated heterocycles. The number of allylic oxidation sites excluding steroid dienone is 2. The van der Waals surface area contributed by atoms with E-state index in [0.717, 1.165) is 150 Å². The van der Waals surface area contributed by atoms with Gasteiger partial charge in [0.15, 0.2) is 45.9 Å². The van der Waals surface area contributed by atoms with Gasteiger partial charge in [-0.05, 0) is 173 Å². The molecular weight excluding hydrogens is 1660 g/mol. The van der Waals surface area contributed by atoms with Crippen LogP contribution in [0.2, 0.25) is 0 Å². The molecule has 16 aromatic rings. The summed E-state index contributed by atoms with van der Waals surface area (Å²) in [4.78, 5) is 53.2. The Morgan fingerprint density at radius 1 is 0.409 bits per heavy atom. The molecule has 0 aliphatic heterocycles. The first-order valence-corrected chi connectivity index (χ1v) is 41.2. The van der Waals surface area contributed by atoms with Crippen LogP contribution < -0.4 is 40.9 Å². The number of aromatic hydroxyl groups is 1. The van der Waals surface area contributed by atoms with Crippen LogP contribution in [0.15, 0.2) is 238 Å². The first-order chi connectivity index (χ1) is 61.5. The second-order valence-corrected chi connectivity index (χ2v) is 30.6. The number of anilines is 4. The number of phenolic OH excluding ortho intramolecular Hbond substituents is 1. The number of benzene rings is 4. The summed E-state index contributed by atoms with van der Waals surface area (Å²) >= 11 is 3.46. The lowest BCUT2D eigenvalue weighted by atomic mass is 9.81. The highest BCUT2D eigenvalue weighted by Crippen LogP contribution is 2.32. The number of hydrogen-bond acceptors (Lipinski definition) is 26. The van der Waals surface area contributed by atoms with Gasteiger partial charge in [0.1, 0.15) is 51.9 Å². The first-order valence-electron chi connectivity index (χ1n) is 40.4. The number of aromatic nitrogens is 16. The molecule has 0 unspecified atom stereocenters. The van der Waals surface area contributed by atoms with Crippen molar-refractivity contribution < 1.29 is 29.4 Å². The Balaban J connectivity index is 0.000000148. The van der Waals surface area contributed by atoms with Crippen molar-refractivity contribution in [2.24, 2.45) is 0 Å². The largest absolute Gasteiger partial charge is 0.508 e. The van der Waals surface area contributed by atoms with Crippen molar-refractivity contribution in [2.45, 2.75) is 79.1 Å². The van der Waals surface area contributed by atoms with Crippen LogP contribution in [0.3, 0.4) is 0 Å². The van der Waals surface area contributed by atoms with Gasteiger partial charge in [-0.3, -0.25) is 37.5 Å². The van der Waals surface area contributed by atoms with E-state index in [9.17, 15) is 20.9 Å². The minimum Gasteiger partial charge on any atom is -0.508 e. The van der Waals surface area contributed by atoms with E-state index in [2.05, 4.69) is 174 Å². The minimum absolute atomic E-state index is 0.226. The number of nitriles is 4. The Kier molecular flexibility index (Phi) is 30.9. The van der Waals surface area contributed by atoms with E-state index >= 15 is 0 Å². The molecule has 16 rings (SSSR count). The van der Waals surface area contributed by atoms with Gasteiger partial charge in [-0.1, -0.05) is 89.4 Å². The standard InChI is InChI=1S/C24H24N6O.C24H22N6O.C23H22N6O.C18H19BrN4O.C6H5BN2O2/c2*1-16(2)22-14-28-24-23(27-9-8-17-4-6-20(31-3)7-5-17)29-21(15-30(22)24)19-10-18(11-25)12-26-13-19;1-15(2)21-13-27-23-22(26-8-7-16-3-5-19(30)6-4-16)28-20(14-29(21)23)18-9-17(10-24)11-25-12-18;1-12(2)15-10-21-18-17(22-16(19)11-23(15)18)20-9-8-13-4-6-14(24-3)7-5-13;8-2-5-1-6(7(10)11)4-9-3-5/h4-7,10,12-16H,8-9H2,1-3H3,(H,27,29);4-7,10,12-15H,1,8-9H2,2-3H3,(H,27,29);3-6,9,11-15,30H,7-8H2,1-2H3,(H,26,28);4-7,10-11H,1,8-9H2,2-3H3,(H,20,22);1,3-4,10-11H. The smallest absolute Gasteiger partial charge is 0.490 e. The number of rotatable bonds is 27. The van der Waals surface area contributed by atoms with E-state index < -0.39 is 7.12 Å². The van der Waals surface area contributed by atoms with E-state index in [4.69, 9.17) is 44.5 Å². The molecule has 638 valence electrons. The normalized spacial score (nSPS) is 10.7. The van der Waals surface area contributed by atoms with Crippen LogP contribution >= 0.6 is 15.9 Å². The molecule has 0 bridgehead atoms. The van der Waals surface area contributed by atoms with Crippen LogP contribution in [-0.2, 0) is 25.7 Å². The van der Waals surface area contributed by atoms with Gasteiger partial charge in [-0.15, -0.1) is 0 Å². The molecule has 0 aliphatic rings. The zero-order valence-electron chi connectivity index (χ0n) is 71.5. The molecule has 0 aliphatic carbocycles. The van der Waals surface area contributed by atoms with E-state index in [1.54, 1.807) is 82.6 Å². The van der Waals surface area contributed by atoms with Crippen LogP contribution in [-0.4, -0.2) is 147 Å². The summed E-state index contributed by atoms with van der Waals surface area (Å²) in [5.74, 6) is 6.23. The van der Waals surface area contributed by atoms with Crippen LogP contribution in [0.5, 0.6) is 23.0 Å². The first kappa shape index (κ1) is 90.5. The molecule has 0 amide bonds. The van der Waals surface area contributed by atoms with Gasteiger partial charge < -0.3 is 50.6 Å². The Bertz CT molecular complexity index is 6710. The van der Waals surface area contributed by atoms with E-state index in [1.807, 2.05) is 133 Å². The number of nitrogens with zero attached hydrogens (tertiary/aromatic N) is 20. The molecule has 30 nitrogen and oxygen atoms in total. The van der Waals surface area contributed by atoms with Crippen LogP contribution in [0.1, 0.15) is 121 Å². The zero-order valence-corrected chi connectivity index (χ0v) is 73.1. The molecule has 127 heavy (non-hydrogen) atoms. The van der Waals surface area contributed by atoms with Gasteiger partial charge in [0.05, 0.1) is 84.4 Å². The Labute approximate surface area is 743 Å². The summed E-state index contributed by atoms with van der Waals surface area (Å²) in [6.45, 7) is 23.3. The monoisotopic (exact) mass is 1750 g/mol. The number of halogens is 1. The van der Waals surface area contributed by atoms with Crippen LogP contribution in [0.4, 0.5) is 23.3 Å². The Hall–Kier alpha value is -15.7. The van der Waals surface area contributed by atoms with Crippen molar-refractivity contribution >= 4 is 85.5 Å². The molecule has 12 aromatic heterocycles. The van der Waals surface area contributed by atoms with Gasteiger partial charge in [0.25, 0.3) is 0 Å². The van der Waals surface area contributed by atoms with Crippen LogP contribution in [0, 0.1) is 45.3 Å². The van der Waals surface area contributed by atoms with Crippen molar-refractivity contribution in [1.29, 1.82) is 21.0 Å². The maximum Gasteiger partial charge on any atom is 0.490 e. The fourth-order valence-corrected chi connectivity index (χ4v) is 13.6. The molecule has 0 atom stereocenters. The molecular formula is C95H92BBrN24O6. The van der Waals surface area contributed by atoms with Gasteiger partial charge in [0, 0.05) is 146 Å². The SMILES string of the molecule is C=C(C)c1cnc2c(NCCc3ccc(OC)cc3)nc(-c3cncc(C#N)c3)cn12.C=C(C)c1cnc2c(NCCc3ccc(OC)cc3)nc(Br)cn12.CC(C)c1cnc2c(NCCc3ccc(O)cc3)nc(-c3cncc(C#N)c3)cn12.COc1ccc(CCNc2nc(-c3cncc(C#N)c3)cn3c(C(C)C)cnc23)cc1.N#Cc1cncc(B(O)O)c1. The van der Waals surface area contributed by atoms with E-state index in [-0.39, 0.29) is 11.2 Å². The second kappa shape index (κ2) is 43.3. The predicted molar refractivity (Wildman–Crippen MR) is 496 cm³/mol. The van der Waals surface area contributed by atoms with Gasteiger partial charge in [-0.25, -0.2) is 39.9 Å². The number of nitrogens with one attached hydrogen (secondary N) is 4. The number of ether oxygens (including phenoxy) is 3. The van der Waals surface area contributed by atoms with E-state index in [0.29, 0.717) is 76.9 Å². The number of methoxy groups -OCH3 is 3. The summed E-state index contributed by atoms with van der Waals surface area (Å²) in [6.07, 6.45) is 30.8. The molecule has 12 heterocycles. The van der Waals surface area contributed by atoms with Crippen molar-refractivity contribution in [3.8, 4) is 81.0 Å². The average Bonchev–Trinajstić information content (AvgIpc) is 1.65. The quantitative estimate of drug-likeness (QED) is 0.0235. The summed E-state index contributed by atoms with van der Waals surface area (Å²) in [5.41, 5.74) is 20.3. The zero-order chi connectivity index (χ0) is 90.0. The Morgan fingerprint density at radius 3 is 1.03 bits per heavy atom. The third kappa shape index (κ3) is 23.6. The summed E-state index contributed by atoms with van der Waals surface area (Å²) in [5, 5.41) is 76.4. The molecule has 0 radical (unpaired) electrons. The van der Waals surface area contributed by atoms with Gasteiger partial charge >= 0.3 is 7.12 Å². The number of phenols is 1. The summed E-state index contributed by atoms with van der Waals surface area (Å²) in [6, 6.07) is 46.3. The van der Waals surface area contributed by atoms with Gasteiger partial charge in [-0.2, -0.15) is 21.0 Å². The average molecular weight is 1760 g/mol. The lowest BCUT2D eigenvalue weighted by Crippen LogP contribution is -2.30. The number of fused-ring (bicyclic) bond motifs is 4. The molecule has 0 fully saturated rings. The minimum atomic E-state index is -1.56. The topological polar surface area (TPSA) is 404 Å².